The second kappa shape index (κ2) is 8.48. The van der Waals surface area contributed by atoms with E-state index in [1.165, 1.54) is 32.2 Å². The lowest BCUT2D eigenvalue weighted by Crippen LogP contribution is -2.40. The highest BCUT2D eigenvalue weighted by molar-refractivity contribution is 5.73. The minimum Gasteiger partial charge on any atom is -0.370 e. The summed E-state index contributed by atoms with van der Waals surface area (Å²) < 4.78 is 0. The number of unbranched alkanes of at least 4 members (excludes halogenated alkanes) is 1. The summed E-state index contributed by atoms with van der Waals surface area (Å²) in [6.45, 7) is 4.40. The minimum absolute atomic E-state index is 0.190. The van der Waals surface area contributed by atoms with Crippen molar-refractivity contribution in [2.75, 3.05) is 13.1 Å². The van der Waals surface area contributed by atoms with Gasteiger partial charge in [-0.15, -0.1) is 0 Å². The predicted molar refractivity (Wildman–Crippen MR) is 70.8 cm³/mol. The van der Waals surface area contributed by atoms with E-state index in [0.717, 1.165) is 19.4 Å². The molecule has 0 aromatic carbocycles. The molecule has 4 heteroatoms. The van der Waals surface area contributed by atoms with Crippen LogP contribution in [0.5, 0.6) is 0 Å². The van der Waals surface area contributed by atoms with Gasteiger partial charge in [0, 0.05) is 18.5 Å². The smallest absolute Gasteiger partial charge is 0.217 e. The third-order valence-electron chi connectivity index (χ3n) is 3.39. The molecule has 100 valence electrons. The molecule has 17 heavy (non-hydrogen) atoms. The van der Waals surface area contributed by atoms with Gasteiger partial charge in [0.05, 0.1) is 0 Å². The third-order valence-corrected chi connectivity index (χ3v) is 3.39. The van der Waals surface area contributed by atoms with Crippen LogP contribution >= 0.6 is 0 Å². The van der Waals surface area contributed by atoms with Crippen molar-refractivity contribution in [1.29, 1.82) is 0 Å². The summed E-state index contributed by atoms with van der Waals surface area (Å²) in [4.78, 5) is 10.6. The van der Waals surface area contributed by atoms with E-state index in [9.17, 15) is 4.79 Å². The van der Waals surface area contributed by atoms with Gasteiger partial charge < -0.3 is 16.4 Å². The second-order valence-corrected chi connectivity index (χ2v) is 5.16. The molecule has 1 rings (SSSR count). The van der Waals surface area contributed by atoms with Gasteiger partial charge in [0.1, 0.15) is 0 Å². The average molecular weight is 241 g/mol. The zero-order chi connectivity index (χ0) is 12.5. The number of nitrogens with one attached hydrogen (secondary N) is 2. The highest BCUT2D eigenvalue weighted by Gasteiger charge is 2.14. The summed E-state index contributed by atoms with van der Waals surface area (Å²) in [5.74, 6) is -0.190. The van der Waals surface area contributed by atoms with E-state index in [1.807, 2.05) is 0 Å². The Labute approximate surface area is 105 Å². The number of piperidine rings is 1. The SMILES string of the molecule is CC(CC1CCCCN1)NCCCCC(N)=O. The van der Waals surface area contributed by atoms with Gasteiger partial charge in [-0.05, 0) is 52.1 Å². The van der Waals surface area contributed by atoms with Crippen molar-refractivity contribution in [1.82, 2.24) is 10.6 Å². The van der Waals surface area contributed by atoms with E-state index >= 15 is 0 Å². The largest absolute Gasteiger partial charge is 0.370 e. The van der Waals surface area contributed by atoms with E-state index in [1.54, 1.807) is 0 Å². The fourth-order valence-corrected chi connectivity index (χ4v) is 2.41. The lowest BCUT2D eigenvalue weighted by molar-refractivity contribution is -0.118. The minimum atomic E-state index is -0.190. The van der Waals surface area contributed by atoms with Crippen molar-refractivity contribution >= 4 is 5.91 Å². The number of hydrogen-bond donors (Lipinski definition) is 3. The molecule has 1 heterocycles. The predicted octanol–water partition coefficient (Wildman–Crippen LogP) is 1.15. The number of carbonyl (C=O) groups is 1. The summed E-state index contributed by atoms with van der Waals surface area (Å²) in [7, 11) is 0. The molecule has 4 N–H and O–H groups in total. The molecule has 0 saturated carbocycles. The van der Waals surface area contributed by atoms with Gasteiger partial charge in [-0.2, -0.15) is 0 Å². The van der Waals surface area contributed by atoms with Gasteiger partial charge in [-0.25, -0.2) is 0 Å². The van der Waals surface area contributed by atoms with Crippen LogP contribution in [-0.4, -0.2) is 31.1 Å². The number of primary amides is 1. The van der Waals surface area contributed by atoms with Crippen LogP contribution in [0.3, 0.4) is 0 Å². The number of carbonyl (C=O) groups excluding carboxylic acids is 1. The number of hydrogen-bond acceptors (Lipinski definition) is 3. The molecule has 1 fully saturated rings. The van der Waals surface area contributed by atoms with Gasteiger partial charge in [0.15, 0.2) is 0 Å². The van der Waals surface area contributed by atoms with E-state index in [4.69, 9.17) is 5.73 Å². The lowest BCUT2D eigenvalue weighted by Gasteiger charge is -2.26. The Morgan fingerprint density at radius 2 is 2.29 bits per heavy atom. The lowest BCUT2D eigenvalue weighted by atomic mass is 9.99. The fraction of sp³-hybridized carbons (Fsp3) is 0.923. The Morgan fingerprint density at radius 3 is 2.94 bits per heavy atom. The third kappa shape index (κ3) is 7.34. The van der Waals surface area contributed by atoms with Crippen LogP contribution in [0.25, 0.3) is 0 Å². The van der Waals surface area contributed by atoms with Crippen molar-refractivity contribution in [2.24, 2.45) is 5.73 Å². The van der Waals surface area contributed by atoms with E-state index in [2.05, 4.69) is 17.6 Å². The summed E-state index contributed by atoms with van der Waals surface area (Å²) in [6, 6.07) is 1.25. The maximum Gasteiger partial charge on any atom is 0.217 e. The molecule has 0 aromatic rings. The molecule has 1 aliphatic rings. The van der Waals surface area contributed by atoms with E-state index in [-0.39, 0.29) is 5.91 Å². The second-order valence-electron chi connectivity index (χ2n) is 5.16. The van der Waals surface area contributed by atoms with Gasteiger partial charge in [0.2, 0.25) is 5.91 Å². The molecule has 2 unspecified atom stereocenters. The van der Waals surface area contributed by atoms with Crippen molar-refractivity contribution in [2.45, 2.75) is 64.0 Å². The van der Waals surface area contributed by atoms with E-state index < -0.39 is 0 Å². The van der Waals surface area contributed by atoms with E-state index in [0.29, 0.717) is 18.5 Å². The average Bonchev–Trinajstić information content (AvgIpc) is 2.29. The van der Waals surface area contributed by atoms with Crippen molar-refractivity contribution < 1.29 is 4.79 Å². The first-order valence-electron chi connectivity index (χ1n) is 6.93. The Balaban J connectivity index is 1.96. The summed E-state index contributed by atoms with van der Waals surface area (Å²) in [5, 5.41) is 7.08. The van der Waals surface area contributed by atoms with Gasteiger partial charge in [0.25, 0.3) is 0 Å². The van der Waals surface area contributed by atoms with Crippen molar-refractivity contribution in [3.63, 3.8) is 0 Å². The highest BCUT2D eigenvalue weighted by Crippen LogP contribution is 2.11. The first-order valence-corrected chi connectivity index (χ1v) is 6.93. The number of amides is 1. The zero-order valence-corrected chi connectivity index (χ0v) is 11.0. The molecule has 0 spiro atoms. The maximum atomic E-state index is 10.6. The zero-order valence-electron chi connectivity index (χ0n) is 11.0. The Kier molecular flexibility index (Phi) is 7.21. The van der Waals surface area contributed by atoms with Crippen LogP contribution in [0.2, 0.25) is 0 Å². The molecule has 1 saturated heterocycles. The molecule has 0 aliphatic carbocycles. The van der Waals surface area contributed by atoms with Crippen LogP contribution < -0.4 is 16.4 Å². The van der Waals surface area contributed by atoms with Gasteiger partial charge in [-0.3, -0.25) is 4.79 Å². The van der Waals surface area contributed by atoms with Crippen LogP contribution in [0.15, 0.2) is 0 Å². The summed E-state index contributed by atoms with van der Waals surface area (Å²) >= 11 is 0. The van der Waals surface area contributed by atoms with Crippen LogP contribution in [0, 0.1) is 0 Å². The van der Waals surface area contributed by atoms with Gasteiger partial charge >= 0.3 is 0 Å². The molecular formula is C13H27N3O. The van der Waals surface area contributed by atoms with Gasteiger partial charge in [-0.1, -0.05) is 6.42 Å². The standard InChI is InChI=1S/C13H27N3O/c1-11(10-12-6-2-4-9-16-12)15-8-5-3-7-13(14)17/h11-12,15-16H,2-10H2,1H3,(H2,14,17). The molecule has 0 aromatic heterocycles. The summed E-state index contributed by atoms with van der Waals surface area (Å²) in [5.41, 5.74) is 5.09. The Morgan fingerprint density at radius 1 is 1.47 bits per heavy atom. The number of rotatable bonds is 8. The summed E-state index contributed by atoms with van der Waals surface area (Å²) in [6.07, 6.45) is 7.65. The highest BCUT2D eigenvalue weighted by atomic mass is 16.1. The molecular weight excluding hydrogens is 214 g/mol. The number of nitrogens with two attached hydrogens (primary N) is 1. The molecule has 1 aliphatic heterocycles. The first-order chi connectivity index (χ1) is 8.18. The molecule has 0 bridgehead atoms. The fourth-order valence-electron chi connectivity index (χ4n) is 2.41. The van der Waals surface area contributed by atoms with Crippen LogP contribution in [0.4, 0.5) is 0 Å². The van der Waals surface area contributed by atoms with Crippen LogP contribution in [0.1, 0.15) is 51.9 Å². The quantitative estimate of drug-likeness (QED) is 0.559. The van der Waals surface area contributed by atoms with Crippen molar-refractivity contribution in [3.8, 4) is 0 Å². The van der Waals surface area contributed by atoms with Crippen LogP contribution in [-0.2, 0) is 4.79 Å². The maximum absolute atomic E-state index is 10.6. The monoisotopic (exact) mass is 241 g/mol. The first kappa shape index (κ1) is 14.5. The molecule has 4 nitrogen and oxygen atoms in total. The van der Waals surface area contributed by atoms with Crippen molar-refractivity contribution in [3.05, 3.63) is 0 Å². The molecule has 1 amide bonds. The molecule has 2 atom stereocenters. The molecule has 0 radical (unpaired) electrons. The Hall–Kier alpha value is -0.610. The normalized spacial score (nSPS) is 22.3. The topological polar surface area (TPSA) is 67.2 Å². The Bertz CT molecular complexity index is 215.